The van der Waals surface area contributed by atoms with E-state index in [4.69, 9.17) is 21.1 Å². The van der Waals surface area contributed by atoms with Gasteiger partial charge in [0.25, 0.3) is 5.56 Å². The van der Waals surface area contributed by atoms with Crippen LogP contribution in [0.15, 0.2) is 53.3 Å². The number of ether oxygens (including phenoxy) is 2. The van der Waals surface area contributed by atoms with E-state index in [-0.39, 0.29) is 48.2 Å². The van der Waals surface area contributed by atoms with Crippen LogP contribution in [0.5, 0.6) is 5.75 Å². The van der Waals surface area contributed by atoms with Gasteiger partial charge >= 0.3 is 5.97 Å². The number of hydrogen-bond donors (Lipinski definition) is 1. The maximum atomic E-state index is 13.6. The van der Waals surface area contributed by atoms with Gasteiger partial charge in [-0.15, -0.1) is 0 Å². The second kappa shape index (κ2) is 14.8. The number of nitrogens with one attached hydrogen (secondary N) is 1. The highest BCUT2D eigenvalue weighted by Gasteiger charge is 2.27. The van der Waals surface area contributed by atoms with Crippen LogP contribution in [-0.4, -0.2) is 39.2 Å². The number of anilines is 1. The average molecular weight is 626 g/mol. The van der Waals surface area contributed by atoms with Crippen LogP contribution in [-0.2, 0) is 27.8 Å². The third kappa shape index (κ3) is 9.58. The Morgan fingerprint density at radius 3 is 2.30 bits per heavy atom. The molecular formula is C34H44ClN3O6. The summed E-state index contributed by atoms with van der Waals surface area (Å²) in [6.45, 7) is 11.5. The van der Waals surface area contributed by atoms with Crippen LogP contribution >= 0.6 is 11.6 Å². The molecule has 3 rings (SSSR count). The first-order valence-electron chi connectivity index (χ1n) is 15.0. The fraction of sp³-hybridized carbons (Fsp3) is 0.471. The molecule has 0 radical (unpaired) electrons. The number of aromatic nitrogens is 2. The molecule has 0 unspecified atom stereocenters. The number of halogens is 1. The second-order valence-electron chi connectivity index (χ2n) is 12.6. The number of hydrogen-bond acceptors (Lipinski definition) is 6. The number of amides is 1. The average Bonchev–Trinajstić information content (AvgIpc) is 3.15. The third-order valence-corrected chi connectivity index (χ3v) is 7.31. The molecule has 0 spiro atoms. The summed E-state index contributed by atoms with van der Waals surface area (Å²) in [5, 5.41) is 3.31. The second-order valence-corrected chi connectivity index (χ2v) is 13.1. The van der Waals surface area contributed by atoms with Crippen LogP contribution in [0.25, 0.3) is 5.69 Å². The SMILES string of the molecule is CCOc1ccc(Cl)cc1C(=O)CCC(C)(C)CC(=O)Nc1c(CCCC(=O)OC(C)(C)C)n(C)n(-c2ccccc2)c1=O. The van der Waals surface area contributed by atoms with Crippen molar-refractivity contribution in [1.82, 2.24) is 9.36 Å². The highest BCUT2D eigenvalue weighted by molar-refractivity contribution is 6.31. The number of carbonyl (C=O) groups excluding carboxylic acids is 3. The largest absolute Gasteiger partial charge is 0.493 e. The smallest absolute Gasteiger partial charge is 0.306 e. The van der Waals surface area contributed by atoms with Crippen molar-refractivity contribution < 1.29 is 23.9 Å². The summed E-state index contributed by atoms with van der Waals surface area (Å²) in [4.78, 5) is 52.4. The minimum atomic E-state index is -0.586. The van der Waals surface area contributed by atoms with Crippen molar-refractivity contribution in [1.29, 1.82) is 0 Å². The van der Waals surface area contributed by atoms with Crippen LogP contribution in [0.1, 0.15) is 89.7 Å². The number of nitrogens with zero attached hydrogens (tertiary/aromatic N) is 2. The maximum absolute atomic E-state index is 13.6. The van der Waals surface area contributed by atoms with Crippen LogP contribution in [0.4, 0.5) is 5.69 Å². The van der Waals surface area contributed by atoms with Gasteiger partial charge < -0.3 is 14.8 Å². The molecule has 238 valence electrons. The number of Topliss-reactive ketones (excluding diaryl/α,β-unsaturated/α-hetero) is 1. The molecular weight excluding hydrogens is 582 g/mol. The molecule has 0 aliphatic carbocycles. The van der Waals surface area contributed by atoms with Crippen molar-refractivity contribution in [3.8, 4) is 11.4 Å². The van der Waals surface area contributed by atoms with E-state index < -0.39 is 11.0 Å². The van der Waals surface area contributed by atoms with Crippen LogP contribution in [0, 0.1) is 5.41 Å². The number of rotatable bonds is 14. The number of para-hydroxylation sites is 1. The van der Waals surface area contributed by atoms with E-state index in [1.54, 1.807) is 29.9 Å². The van der Waals surface area contributed by atoms with Crippen molar-refractivity contribution in [3.05, 3.63) is 75.2 Å². The van der Waals surface area contributed by atoms with E-state index in [9.17, 15) is 19.2 Å². The summed E-state index contributed by atoms with van der Waals surface area (Å²) in [6, 6.07) is 14.1. The lowest BCUT2D eigenvalue weighted by atomic mass is 9.82. The summed E-state index contributed by atoms with van der Waals surface area (Å²) in [7, 11) is 1.76. The molecule has 0 saturated carbocycles. The Bertz CT molecular complexity index is 1530. The lowest BCUT2D eigenvalue weighted by Gasteiger charge is -2.23. The third-order valence-electron chi connectivity index (χ3n) is 7.07. The van der Waals surface area contributed by atoms with Gasteiger partial charge in [0.2, 0.25) is 5.91 Å². The molecule has 1 aromatic heterocycles. The Balaban J connectivity index is 1.76. The Morgan fingerprint density at radius 1 is 0.977 bits per heavy atom. The molecule has 0 fully saturated rings. The molecule has 1 heterocycles. The molecule has 44 heavy (non-hydrogen) atoms. The zero-order valence-corrected chi connectivity index (χ0v) is 27.5. The summed E-state index contributed by atoms with van der Waals surface area (Å²) >= 11 is 6.13. The lowest BCUT2D eigenvalue weighted by molar-refractivity contribution is -0.154. The summed E-state index contributed by atoms with van der Waals surface area (Å²) < 4.78 is 14.2. The molecule has 0 atom stereocenters. The molecule has 0 aliphatic rings. The van der Waals surface area contributed by atoms with Gasteiger partial charge in [-0.3, -0.25) is 23.9 Å². The van der Waals surface area contributed by atoms with Gasteiger partial charge in [0.15, 0.2) is 5.78 Å². The van der Waals surface area contributed by atoms with E-state index in [1.165, 1.54) is 4.68 Å². The van der Waals surface area contributed by atoms with E-state index in [0.29, 0.717) is 53.6 Å². The van der Waals surface area contributed by atoms with Crippen LogP contribution in [0.2, 0.25) is 5.02 Å². The quantitative estimate of drug-likeness (QED) is 0.154. The van der Waals surface area contributed by atoms with Gasteiger partial charge in [0.05, 0.1) is 23.6 Å². The van der Waals surface area contributed by atoms with E-state index in [1.807, 2.05) is 71.9 Å². The van der Waals surface area contributed by atoms with Crippen molar-refractivity contribution >= 4 is 34.9 Å². The lowest BCUT2D eigenvalue weighted by Crippen LogP contribution is -2.26. The van der Waals surface area contributed by atoms with Gasteiger partial charge in [0.1, 0.15) is 17.0 Å². The zero-order chi connectivity index (χ0) is 32.7. The normalized spacial score (nSPS) is 11.7. The van der Waals surface area contributed by atoms with E-state index >= 15 is 0 Å². The number of ketones is 1. The summed E-state index contributed by atoms with van der Waals surface area (Å²) in [6.07, 6.45) is 1.70. The molecule has 1 amide bonds. The molecule has 0 bridgehead atoms. The number of esters is 1. The predicted molar refractivity (Wildman–Crippen MR) is 173 cm³/mol. The molecule has 9 nitrogen and oxygen atoms in total. The molecule has 3 aromatic rings. The van der Waals surface area contributed by atoms with Crippen molar-refractivity contribution in [2.24, 2.45) is 12.5 Å². The standard InChI is InChI=1S/C34H44ClN3O6/c1-8-43-28-18-17-23(35)21-25(28)27(39)19-20-34(5,6)22-29(40)36-31-26(15-12-16-30(41)44-33(2,3)4)37(7)38(32(31)42)24-13-10-9-11-14-24/h9-11,13-14,17-18,21H,8,12,15-16,19-20,22H2,1-7H3,(H,36,40). The summed E-state index contributed by atoms with van der Waals surface area (Å²) in [5.74, 6) is -0.296. The zero-order valence-electron chi connectivity index (χ0n) is 26.8. The highest BCUT2D eigenvalue weighted by Crippen LogP contribution is 2.31. The predicted octanol–water partition coefficient (Wildman–Crippen LogP) is 6.91. The van der Waals surface area contributed by atoms with Crippen molar-refractivity contribution in [3.63, 3.8) is 0 Å². The molecule has 10 heteroatoms. The van der Waals surface area contributed by atoms with Crippen molar-refractivity contribution in [2.45, 2.75) is 85.7 Å². The summed E-state index contributed by atoms with van der Waals surface area (Å²) in [5.41, 5.74) is 0.356. The Labute approximate surface area is 264 Å². The Kier molecular flexibility index (Phi) is 11.6. The van der Waals surface area contributed by atoms with E-state index in [2.05, 4.69) is 5.32 Å². The van der Waals surface area contributed by atoms with Gasteiger partial charge in [0, 0.05) is 31.3 Å². The topological polar surface area (TPSA) is 109 Å². The molecule has 2 aromatic carbocycles. The monoisotopic (exact) mass is 625 g/mol. The Morgan fingerprint density at radius 2 is 1.66 bits per heavy atom. The minimum absolute atomic E-state index is 0.0885. The first kappa shape index (κ1) is 34.6. The van der Waals surface area contributed by atoms with Crippen molar-refractivity contribution in [2.75, 3.05) is 11.9 Å². The molecule has 0 aliphatic heterocycles. The van der Waals surface area contributed by atoms with Gasteiger partial charge in [-0.05, 0) is 82.7 Å². The Hall–Kier alpha value is -3.85. The fourth-order valence-corrected chi connectivity index (χ4v) is 5.18. The number of benzene rings is 2. The van der Waals surface area contributed by atoms with Crippen LogP contribution < -0.4 is 15.6 Å². The first-order valence-corrected chi connectivity index (χ1v) is 15.3. The van der Waals surface area contributed by atoms with Gasteiger partial charge in [-0.25, -0.2) is 4.68 Å². The van der Waals surface area contributed by atoms with E-state index in [0.717, 1.165) is 0 Å². The van der Waals surface area contributed by atoms with Crippen LogP contribution in [0.3, 0.4) is 0 Å². The van der Waals surface area contributed by atoms with Gasteiger partial charge in [-0.2, -0.15) is 0 Å². The molecule has 1 N–H and O–H groups in total. The fourth-order valence-electron chi connectivity index (χ4n) is 5.01. The molecule has 0 saturated heterocycles. The first-order chi connectivity index (χ1) is 20.6. The number of carbonyl (C=O) groups is 3. The minimum Gasteiger partial charge on any atom is -0.493 e. The maximum Gasteiger partial charge on any atom is 0.306 e. The highest BCUT2D eigenvalue weighted by atomic mass is 35.5. The van der Waals surface area contributed by atoms with Gasteiger partial charge in [-0.1, -0.05) is 43.6 Å².